The Morgan fingerprint density at radius 2 is 1.98 bits per heavy atom. The van der Waals surface area contributed by atoms with Crippen molar-refractivity contribution >= 4 is 23.5 Å². The van der Waals surface area contributed by atoms with Crippen LogP contribution in [0.1, 0.15) is 105 Å². The number of guanidine groups is 1. The smallest absolute Gasteiger partial charge is 0.350 e. The number of aliphatic imine (C=N–C) groups is 1. The molecule has 318 valence electrons. The molecule has 7 N–H and O–H groups in total. The molecule has 1 aromatic rings. The van der Waals surface area contributed by atoms with Crippen LogP contribution >= 0.6 is 0 Å². The molecule has 0 radical (unpaired) electrons. The first-order valence-electron chi connectivity index (χ1n) is 21.8. The number of benzene rings is 1. The summed E-state index contributed by atoms with van der Waals surface area (Å²) < 4.78 is 12.7. The van der Waals surface area contributed by atoms with E-state index in [4.69, 9.17) is 15.2 Å². The van der Waals surface area contributed by atoms with E-state index in [1.807, 2.05) is 25.3 Å². The molecular weight excluding hydrogens is 743 g/mol. The zero-order valence-corrected chi connectivity index (χ0v) is 35.8. The van der Waals surface area contributed by atoms with Crippen LogP contribution in [0.3, 0.4) is 0 Å². The summed E-state index contributed by atoms with van der Waals surface area (Å²) in [5, 5.41) is 17.1. The minimum absolute atomic E-state index is 0.0158. The normalized spacial score (nSPS) is 29.0. The van der Waals surface area contributed by atoms with Gasteiger partial charge in [-0.15, -0.1) is 0 Å². The molecule has 0 unspecified atom stereocenters. The SMILES string of the molecule is CCN[C@@H]1C=C2C=CCC[C@H]2C[C@@H]1COC(=O)[C@]12O[C@@]1(C/C=C(\C)C1([C@@H](NC(N)=NC)C3=CCNC(NCNC)=C3)CCCC1)C(=O)c1cccc(CC(C)C)c1C2=O. The van der Waals surface area contributed by atoms with Crippen LogP contribution in [0.25, 0.3) is 0 Å². The van der Waals surface area contributed by atoms with Crippen molar-refractivity contribution in [3.8, 4) is 0 Å². The number of epoxide rings is 1. The van der Waals surface area contributed by atoms with Crippen molar-refractivity contribution in [1.29, 1.82) is 0 Å². The van der Waals surface area contributed by atoms with Gasteiger partial charge in [0, 0.05) is 48.5 Å². The maximum absolute atomic E-state index is 15.0. The van der Waals surface area contributed by atoms with Gasteiger partial charge in [0.25, 0.3) is 5.60 Å². The summed E-state index contributed by atoms with van der Waals surface area (Å²) in [5.74, 6) is 0.291. The summed E-state index contributed by atoms with van der Waals surface area (Å²) in [4.78, 5) is 49.0. The average Bonchev–Trinajstić information content (AvgIpc) is 3.71. The Kier molecular flexibility index (Phi) is 12.7. The highest BCUT2D eigenvalue weighted by molar-refractivity contribution is 6.33. The fraction of sp³-hybridized carbons (Fsp3) is 0.574. The van der Waals surface area contributed by atoms with E-state index in [2.05, 4.69) is 89.7 Å². The van der Waals surface area contributed by atoms with Crippen LogP contribution in [0.2, 0.25) is 0 Å². The van der Waals surface area contributed by atoms with Crippen LogP contribution in [0, 0.1) is 23.2 Å². The van der Waals surface area contributed by atoms with Crippen molar-refractivity contribution in [2.24, 2.45) is 33.9 Å². The largest absolute Gasteiger partial charge is 0.463 e. The summed E-state index contributed by atoms with van der Waals surface area (Å²) in [5.41, 5.74) is 7.05. The Morgan fingerprint density at radius 3 is 2.71 bits per heavy atom. The first kappa shape index (κ1) is 42.6. The van der Waals surface area contributed by atoms with Gasteiger partial charge in [0.15, 0.2) is 17.3 Å². The van der Waals surface area contributed by atoms with Crippen molar-refractivity contribution in [2.45, 2.75) is 109 Å². The van der Waals surface area contributed by atoms with Crippen molar-refractivity contribution in [3.05, 3.63) is 93.9 Å². The molecule has 0 spiro atoms. The van der Waals surface area contributed by atoms with E-state index < -0.39 is 28.4 Å². The number of nitrogens with zero attached hydrogens (tertiary/aromatic N) is 1. The Bertz CT molecular complexity index is 1990. The number of nitrogens with two attached hydrogens (primary N) is 1. The van der Waals surface area contributed by atoms with Gasteiger partial charge < -0.3 is 41.8 Å². The van der Waals surface area contributed by atoms with E-state index in [9.17, 15) is 9.59 Å². The van der Waals surface area contributed by atoms with E-state index in [0.717, 1.165) is 74.0 Å². The quantitative estimate of drug-likeness (QED) is 0.0249. The Labute approximate surface area is 350 Å². The third-order valence-electron chi connectivity index (χ3n) is 13.7. The van der Waals surface area contributed by atoms with Crippen LogP contribution < -0.4 is 32.3 Å². The van der Waals surface area contributed by atoms with Crippen LogP contribution in [0.5, 0.6) is 0 Å². The molecule has 59 heavy (non-hydrogen) atoms. The van der Waals surface area contributed by atoms with Gasteiger partial charge in [0.1, 0.15) is 5.82 Å². The van der Waals surface area contributed by atoms with Crippen LogP contribution in [0.15, 0.2) is 82.2 Å². The lowest BCUT2D eigenvalue weighted by molar-refractivity contribution is -0.150. The minimum Gasteiger partial charge on any atom is -0.463 e. The molecule has 12 nitrogen and oxygen atoms in total. The molecule has 0 amide bonds. The number of ether oxygens (including phenoxy) is 2. The number of rotatable bonds is 16. The lowest BCUT2D eigenvalue weighted by Crippen LogP contribution is -2.52. The first-order valence-corrected chi connectivity index (χ1v) is 21.8. The molecule has 7 rings (SSSR count). The molecule has 1 saturated heterocycles. The van der Waals surface area contributed by atoms with Gasteiger partial charge in [0.2, 0.25) is 5.78 Å². The van der Waals surface area contributed by atoms with Gasteiger partial charge in [0.05, 0.1) is 19.3 Å². The highest BCUT2D eigenvalue weighted by atomic mass is 16.7. The van der Waals surface area contributed by atoms with Crippen molar-refractivity contribution < 1.29 is 23.9 Å². The lowest BCUT2D eigenvalue weighted by atomic mass is 9.67. The third kappa shape index (κ3) is 7.84. The number of dihydropyridines is 1. The molecular formula is C47H65N7O5. The molecule has 1 saturated carbocycles. The first-order chi connectivity index (χ1) is 28.4. The number of ketones is 2. The second kappa shape index (κ2) is 17.6. The number of esters is 1. The highest BCUT2D eigenvalue weighted by Crippen LogP contribution is 2.60. The number of nitrogens with one attached hydrogen (secondary N) is 5. The number of carbonyl (C=O) groups excluding carboxylic acids is 3. The van der Waals surface area contributed by atoms with Crippen molar-refractivity contribution in [2.75, 3.05) is 40.5 Å². The molecule has 2 heterocycles. The Morgan fingerprint density at radius 1 is 1.19 bits per heavy atom. The molecule has 4 aliphatic carbocycles. The minimum atomic E-state index is -2.06. The molecule has 6 aliphatic rings. The summed E-state index contributed by atoms with van der Waals surface area (Å²) >= 11 is 0. The topological polar surface area (TPSA) is 171 Å². The second-order valence-electron chi connectivity index (χ2n) is 17.7. The third-order valence-corrected chi connectivity index (χ3v) is 13.7. The molecule has 2 fully saturated rings. The zero-order chi connectivity index (χ0) is 42.0. The Balaban J connectivity index is 1.24. The predicted molar refractivity (Wildman–Crippen MR) is 232 cm³/mol. The summed E-state index contributed by atoms with van der Waals surface area (Å²) in [6.45, 7) is 10.5. The molecule has 0 aromatic heterocycles. The number of Topliss-reactive ketones (excluding diaryl/α,β-unsaturated/α-hetero) is 2. The van der Waals surface area contributed by atoms with E-state index in [1.54, 1.807) is 13.1 Å². The van der Waals surface area contributed by atoms with Gasteiger partial charge in [-0.3, -0.25) is 14.6 Å². The predicted octanol–water partition coefficient (Wildman–Crippen LogP) is 5.14. The molecule has 0 bridgehead atoms. The molecule has 12 heteroatoms. The summed E-state index contributed by atoms with van der Waals surface area (Å²) in [7, 11) is 3.56. The zero-order valence-electron chi connectivity index (χ0n) is 35.8. The van der Waals surface area contributed by atoms with E-state index in [-0.39, 0.29) is 42.7 Å². The molecule has 1 aromatic carbocycles. The number of hydrogen-bond acceptors (Lipinski definition) is 10. The van der Waals surface area contributed by atoms with Gasteiger partial charge in [-0.2, -0.15) is 0 Å². The summed E-state index contributed by atoms with van der Waals surface area (Å²) in [6.07, 6.45) is 20.4. The van der Waals surface area contributed by atoms with Crippen LogP contribution in [-0.4, -0.2) is 87.2 Å². The number of allylic oxidation sites excluding steroid dienone is 3. The van der Waals surface area contributed by atoms with Crippen molar-refractivity contribution in [3.63, 3.8) is 0 Å². The number of hydrogen-bond donors (Lipinski definition) is 6. The summed E-state index contributed by atoms with van der Waals surface area (Å²) in [6, 6.07) is 5.22. The van der Waals surface area contributed by atoms with Crippen LogP contribution in [-0.2, 0) is 20.7 Å². The number of fused-ring (bicyclic) bond motifs is 3. The van der Waals surface area contributed by atoms with Gasteiger partial charge in [-0.25, -0.2) is 4.79 Å². The molecule has 6 atom stereocenters. The van der Waals surface area contributed by atoms with Gasteiger partial charge in [-0.05, 0) is 93.7 Å². The van der Waals surface area contributed by atoms with E-state index in [0.29, 0.717) is 42.6 Å². The fourth-order valence-corrected chi connectivity index (χ4v) is 10.6. The number of likely N-dealkylation sites (N-methyl/N-ethyl adjacent to an activating group) is 1. The highest BCUT2D eigenvalue weighted by Gasteiger charge is 2.85. The van der Waals surface area contributed by atoms with Crippen LogP contribution in [0.4, 0.5) is 0 Å². The fourth-order valence-electron chi connectivity index (χ4n) is 10.6. The second-order valence-corrected chi connectivity index (χ2v) is 17.7. The number of carbonyl (C=O) groups is 3. The van der Waals surface area contributed by atoms with Gasteiger partial charge >= 0.3 is 5.97 Å². The van der Waals surface area contributed by atoms with Crippen molar-refractivity contribution in [1.82, 2.24) is 26.6 Å². The standard InChI is InChI=1S/C47H65N7O5/c1-7-51-37-25-32-14-9-8-13-31(32)24-35(37)27-58-43(57)47-42(56)39-33(23-29(2)3)15-12-16-36(39)41(55)46(47,59-47)21-17-30(4)45(19-10-11-20-45)40(54-44(48)50-6)34-18-22-52-38(26-34)53-28-49-5/h9,12,14-18,25-26,29,31,35,37,40,49,51-53H,7-8,10-11,13,19-24,27-28H2,1-6H3,(H3,48,50,54)/b30-17+/t31-,35+,37+,40-,46-,47-/m0/s1. The lowest BCUT2D eigenvalue weighted by Gasteiger charge is -2.41. The van der Waals surface area contributed by atoms with E-state index >= 15 is 4.79 Å². The Hall–Kier alpha value is -4.52. The van der Waals surface area contributed by atoms with E-state index in [1.165, 1.54) is 5.57 Å². The monoisotopic (exact) mass is 808 g/mol. The van der Waals surface area contributed by atoms with Gasteiger partial charge in [-0.1, -0.05) is 87.8 Å². The maximum Gasteiger partial charge on any atom is 0.350 e. The molecule has 2 aliphatic heterocycles. The average molecular weight is 808 g/mol. The maximum atomic E-state index is 15.0.